The maximum absolute atomic E-state index is 4.52. The van der Waals surface area contributed by atoms with E-state index in [-0.39, 0.29) is 0 Å². The molecular weight excluding hydrogens is 230 g/mol. The smallest absolute Gasteiger partial charge is 0.0941 e. The molecule has 1 aliphatic rings. The Morgan fingerprint density at radius 2 is 2.18 bits per heavy atom. The van der Waals surface area contributed by atoms with Crippen molar-refractivity contribution in [3.8, 4) is 0 Å². The van der Waals surface area contributed by atoms with Gasteiger partial charge in [0.25, 0.3) is 0 Å². The molecule has 1 N–H and O–H groups in total. The number of thiazole rings is 1. The number of piperidine rings is 1. The highest BCUT2D eigenvalue weighted by molar-refractivity contribution is 7.11. The van der Waals surface area contributed by atoms with Crippen LogP contribution >= 0.6 is 11.3 Å². The summed E-state index contributed by atoms with van der Waals surface area (Å²) in [6, 6.07) is 0.427. The molecule has 2 rings (SSSR count). The van der Waals surface area contributed by atoms with Crippen molar-refractivity contribution in [2.45, 2.75) is 38.6 Å². The average molecular weight is 253 g/mol. The van der Waals surface area contributed by atoms with E-state index in [1.807, 2.05) is 24.6 Å². The molecule has 1 saturated heterocycles. The van der Waals surface area contributed by atoms with Crippen molar-refractivity contribution >= 4 is 11.3 Å². The molecule has 0 aromatic carbocycles. The Morgan fingerprint density at radius 1 is 1.41 bits per heavy atom. The molecule has 1 fully saturated rings. The number of aromatic nitrogens is 1. The van der Waals surface area contributed by atoms with Crippen molar-refractivity contribution in [1.29, 1.82) is 0 Å². The number of rotatable bonds is 5. The van der Waals surface area contributed by atoms with E-state index >= 15 is 0 Å². The van der Waals surface area contributed by atoms with E-state index in [0.29, 0.717) is 6.04 Å². The Morgan fingerprint density at radius 3 is 2.88 bits per heavy atom. The van der Waals surface area contributed by atoms with Crippen molar-refractivity contribution in [2.75, 3.05) is 26.7 Å². The zero-order valence-electron chi connectivity index (χ0n) is 10.9. The predicted molar refractivity (Wildman–Crippen MR) is 73.6 cm³/mol. The molecule has 0 aliphatic carbocycles. The van der Waals surface area contributed by atoms with Crippen LogP contribution in [0.2, 0.25) is 0 Å². The summed E-state index contributed by atoms with van der Waals surface area (Å²) in [4.78, 5) is 8.45. The van der Waals surface area contributed by atoms with Crippen LogP contribution in [0.3, 0.4) is 0 Å². The molecule has 0 radical (unpaired) electrons. The Balaban J connectivity index is 1.80. The van der Waals surface area contributed by atoms with Crippen LogP contribution in [0.5, 0.6) is 0 Å². The molecule has 17 heavy (non-hydrogen) atoms. The van der Waals surface area contributed by atoms with E-state index < -0.39 is 0 Å². The summed E-state index contributed by atoms with van der Waals surface area (Å²) in [6.45, 7) is 5.93. The molecule has 2 heterocycles. The minimum absolute atomic E-state index is 0.427. The van der Waals surface area contributed by atoms with Gasteiger partial charge in [0.2, 0.25) is 0 Å². The quantitative estimate of drug-likeness (QED) is 0.873. The number of likely N-dealkylation sites (tertiary alicyclic amines) is 1. The van der Waals surface area contributed by atoms with Gasteiger partial charge >= 0.3 is 0 Å². The molecule has 0 saturated carbocycles. The van der Waals surface area contributed by atoms with Crippen LogP contribution in [-0.2, 0) is 6.42 Å². The SMILES string of the molecule is CNC(C)c1cnc(CCN2CCCCC2)s1. The Labute approximate surface area is 108 Å². The summed E-state index contributed by atoms with van der Waals surface area (Å²) in [7, 11) is 2.00. The molecule has 0 bridgehead atoms. The molecule has 96 valence electrons. The van der Waals surface area contributed by atoms with Gasteiger partial charge in [-0.15, -0.1) is 11.3 Å². The summed E-state index contributed by atoms with van der Waals surface area (Å²) < 4.78 is 0. The largest absolute Gasteiger partial charge is 0.312 e. The van der Waals surface area contributed by atoms with E-state index in [0.717, 1.165) is 6.42 Å². The molecule has 0 spiro atoms. The van der Waals surface area contributed by atoms with Gasteiger partial charge in [0.15, 0.2) is 0 Å². The first-order chi connectivity index (χ1) is 8.29. The molecule has 0 amide bonds. The monoisotopic (exact) mass is 253 g/mol. The molecule has 1 aromatic rings. The lowest BCUT2D eigenvalue weighted by Crippen LogP contribution is -2.31. The Bertz CT molecular complexity index is 331. The van der Waals surface area contributed by atoms with Crippen LogP contribution in [0.25, 0.3) is 0 Å². The van der Waals surface area contributed by atoms with E-state index in [1.165, 1.54) is 48.8 Å². The standard InChI is InChI=1S/C13H23N3S/c1-11(14-2)12-10-15-13(17-12)6-9-16-7-4-3-5-8-16/h10-11,14H,3-9H2,1-2H3. The molecule has 1 aliphatic heterocycles. The maximum Gasteiger partial charge on any atom is 0.0941 e. The number of nitrogens with zero attached hydrogens (tertiary/aromatic N) is 2. The molecule has 1 aromatic heterocycles. The molecule has 1 unspecified atom stereocenters. The van der Waals surface area contributed by atoms with Gasteiger partial charge in [-0.05, 0) is 39.9 Å². The van der Waals surface area contributed by atoms with Crippen LogP contribution in [0, 0.1) is 0 Å². The van der Waals surface area contributed by atoms with Crippen LogP contribution in [0.15, 0.2) is 6.20 Å². The summed E-state index contributed by atoms with van der Waals surface area (Å²) in [6.07, 6.45) is 7.30. The second kappa shape index (κ2) is 6.47. The lowest BCUT2D eigenvalue weighted by atomic mass is 10.1. The number of nitrogens with one attached hydrogen (secondary N) is 1. The molecular formula is C13H23N3S. The minimum Gasteiger partial charge on any atom is -0.312 e. The third kappa shape index (κ3) is 3.76. The van der Waals surface area contributed by atoms with Crippen molar-refractivity contribution < 1.29 is 0 Å². The lowest BCUT2D eigenvalue weighted by molar-refractivity contribution is 0.231. The van der Waals surface area contributed by atoms with Crippen molar-refractivity contribution in [2.24, 2.45) is 0 Å². The number of hydrogen-bond donors (Lipinski definition) is 1. The summed E-state index contributed by atoms with van der Waals surface area (Å²) in [5.74, 6) is 0. The van der Waals surface area contributed by atoms with E-state index in [9.17, 15) is 0 Å². The lowest BCUT2D eigenvalue weighted by Gasteiger charge is -2.25. The molecule has 1 atom stereocenters. The van der Waals surface area contributed by atoms with Crippen LogP contribution in [0.4, 0.5) is 0 Å². The van der Waals surface area contributed by atoms with E-state index in [2.05, 4.69) is 22.1 Å². The Hall–Kier alpha value is -0.450. The normalized spacial score (nSPS) is 19.4. The zero-order chi connectivity index (χ0) is 12.1. The van der Waals surface area contributed by atoms with Gasteiger partial charge in [-0.2, -0.15) is 0 Å². The van der Waals surface area contributed by atoms with Crippen LogP contribution in [0.1, 0.15) is 42.1 Å². The highest BCUT2D eigenvalue weighted by atomic mass is 32.1. The van der Waals surface area contributed by atoms with Crippen LogP contribution in [-0.4, -0.2) is 36.6 Å². The van der Waals surface area contributed by atoms with Crippen molar-refractivity contribution in [1.82, 2.24) is 15.2 Å². The summed E-state index contributed by atoms with van der Waals surface area (Å²) >= 11 is 1.85. The van der Waals surface area contributed by atoms with E-state index in [1.54, 1.807) is 0 Å². The van der Waals surface area contributed by atoms with Crippen LogP contribution < -0.4 is 5.32 Å². The fraction of sp³-hybridized carbons (Fsp3) is 0.769. The van der Waals surface area contributed by atoms with Gasteiger partial charge in [0, 0.05) is 30.1 Å². The number of hydrogen-bond acceptors (Lipinski definition) is 4. The first-order valence-electron chi connectivity index (χ1n) is 6.64. The second-order valence-electron chi connectivity index (χ2n) is 4.82. The van der Waals surface area contributed by atoms with Gasteiger partial charge in [0.05, 0.1) is 5.01 Å². The van der Waals surface area contributed by atoms with Gasteiger partial charge in [-0.3, -0.25) is 0 Å². The molecule has 4 heteroatoms. The zero-order valence-corrected chi connectivity index (χ0v) is 11.7. The fourth-order valence-electron chi connectivity index (χ4n) is 2.22. The van der Waals surface area contributed by atoms with Gasteiger partial charge in [-0.25, -0.2) is 4.98 Å². The maximum atomic E-state index is 4.52. The van der Waals surface area contributed by atoms with Gasteiger partial charge < -0.3 is 10.2 Å². The topological polar surface area (TPSA) is 28.2 Å². The molecule has 3 nitrogen and oxygen atoms in total. The van der Waals surface area contributed by atoms with Gasteiger partial charge in [-0.1, -0.05) is 6.42 Å². The minimum atomic E-state index is 0.427. The van der Waals surface area contributed by atoms with Gasteiger partial charge in [0.1, 0.15) is 0 Å². The predicted octanol–water partition coefficient (Wildman–Crippen LogP) is 2.45. The third-order valence-electron chi connectivity index (χ3n) is 3.52. The van der Waals surface area contributed by atoms with E-state index in [4.69, 9.17) is 0 Å². The fourth-order valence-corrected chi connectivity index (χ4v) is 3.19. The first-order valence-corrected chi connectivity index (χ1v) is 7.45. The third-order valence-corrected chi connectivity index (χ3v) is 4.76. The van der Waals surface area contributed by atoms with Crippen molar-refractivity contribution in [3.63, 3.8) is 0 Å². The highest BCUT2D eigenvalue weighted by Gasteiger charge is 2.12. The van der Waals surface area contributed by atoms with Crippen molar-refractivity contribution in [3.05, 3.63) is 16.1 Å². The average Bonchev–Trinajstić information content (AvgIpc) is 2.85. The summed E-state index contributed by atoms with van der Waals surface area (Å²) in [5.41, 5.74) is 0. The summed E-state index contributed by atoms with van der Waals surface area (Å²) in [5, 5.41) is 4.54. The first kappa shape index (κ1) is 13.0. The highest BCUT2D eigenvalue weighted by Crippen LogP contribution is 2.21. The Kier molecular flexibility index (Phi) is 4.95. The second-order valence-corrected chi connectivity index (χ2v) is 5.97.